The number of hydrogen-bond acceptors (Lipinski definition) is 6. The molecule has 1 amide bonds. The standard InChI is InChI=1S/C21H21N5O3S/c1-2-14-25-19(13-8-16-6-4-3-5-7-16)23-24-21(25)30-15-20(27)22-17-9-11-18(12-10-17)26(28)29/h2-7,9-12H,1,8,13-15H2,(H,22,27). The number of nitrogens with zero attached hydrogens (tertiary/aromatic N) is 4. The summed E-state index contributed by atoms with van der Waals surface area (Å²) >= 11 is 1.29. The molecule has 0 aliphatic carbocycles. The fraction of sp³-hybridized carbons (Fsp3) is 0.190. The predicted octanol–water partition coefficient (Wildman–Crippen LogP) is 3.89. The molecule has 9 heteroatoms. The number of aryl methyl sites for hydroxylation is 2. The third-order valence-electron chi connectivity index (χ3n) is 4.28. The Morgan fingerprint density at radius 1 is 1.13 bits per heavy atom. The monoisotopic (exact) mass is 423 g/mol. The molecular formula is C21H21N5O3S. The summed E-state index contributed by atoms with van der Waals surface area (Å²) in [5.41, 5.74) is 1.70. The zero-order valence-electron chi connectivity index (χ0n) is 16.2. The van der Waals surface area contributed by atoms with E-state index in [0.29, 0.717) is 17.4 Å². The van der Waals surface area contributed by atoms with Crippen LogP contribution in [0, 0.1) is 10.1 Å². The molecule has 0 unspecified atom stereocenters. The molecule has 0 fully saturated rings. The second-order valence-electron chi connectivity index (χ2n) is 6.42. The summed E-state index contributed by atoms with van der Waals surface area (Å²) in [5, 5.41) is 22.6. The zero-order chi connectivity index (χ0) is 21.3. The number of amides is 1. The molecule has 0 spiro atoms. The highest BCUT2D eigenvalue weighted by Crippen LogP contribution is 2.20. The van der Waals surface area contributed by atoms with Gasteiger partial charge in [-0.3, -0.25) is 14.9 Å². The van der Waals surface area contributed by atoms with E-state index in [1.165, 1.54) is 41.6 Å². The number of nitro benzene ring substituents is 1. The average Bonchev–Trinajstić information content (AvgIpc) is 3.14. The van der Waals surface area contributed by atoms with Crippen LogP contribution in [0.3, 0.4) is 0 Å². The van der Waals surface area contributed by atoms with Gasteiger partial charge >= 0.3 is 0 Å². The zero-order valence-corrected chi connectivity index (χ0v) is 17.0. The lowest BCUT2D eigenvalue weighted by molar-refractivity contribution is -0.384. The highest BCUT2D eigenvalue weighted by atomic mass is 32.2. The van der Waals surface area contributed by atoms with Gasteiger partial charge in [0.15, 0.2) is 5.16 Å². The highest BCUT2D eigenvalue weighted by molar-refractivity contribution is 7.99. The Balaban J connectivity index is 1.58. The van der Waals surface area contributed by atoms with Crippen LogP contribution in [-0.2, 0) is 24.2 Å². The van der Waals surface area contributed by atoms with Crippen LogP contribution in [0.25, 0.3) is 0 Å². The Morgan fingerprint density at radius 2 is 1.87 bits per heavy atom. The van der Waals surface area contributed by atoms with Gasteiger partial charge in [-0.2, -0.15) is 0 Å². The van der Waals surface area contributed by atoms with Crippen molar-refractivity contribution in [1.29, 1.82) is 0 Å². The first-order chi connectivity index (χ1) is 14.6. The van der Waals surface area contributed by atoms with Crippen molar-refractivity contribution in [3.63, 3.8) is 0 Å². The van der Waals surface area contributed by atoms with Crippen molar-refractivity contribution >= 4 is 29.0 Å². The summed E-state index contributed by atoms with van der Waals surface area (Å²) in [6.07, 6.45) is 3.36. The van der Waals surface area contributed by atoms with E-state index in [1.807, 2.05) is 22.8 Å². The molecule has 0 saturated heterocycles. The molecule has 1 heterocycles. The van der Waals surface area contributed by atoms with Crippen molar-refractivity contribution < 1.29 is 9.72 Å². The molecule has 0 saturated carbocycles. The molecule has 0 radical (unpaired) electrons. The lowest BCUT2D eigenvalue weighted by Crippen LogP contribution is -2.14. The van der Waals surface area contributed by atoms with E-state index in [9.17, 15) is 14.9 Å². The van der Waals surface area contributed by atoms with E-state index >= 15 is 0 Å². The Hall–Kier alpha value is -3.46. The minimum Gasteiger partial charge on any atom is -0.325 e. The maximum absolute atomic E-state index is 12.2. The van der Waals surface area contributed by atoms with E-state index < -0.39 is 4.92 Å². The Bertz CT molecular complexity index is 1020. The molecule has 154 valence electrons. The predicted molar refractivity (Wildman–Crippen MR) is 117 cm³/mol. The molecule has 1 N–H and O–H groups in total. The van der Waals surface area contributed by atoms with Crippen LogP contribution in [-0.4, -0.2) is 31.3 Å². The van der Waals surface area contributed by atoms with Crippen LogP contribution in [0.5, 0.6) is 0 Å². The number of nitrogens with one attached hydrogen (secondary N) is 1. The normalized spacial score (nSPS) is 10.5. The first kappa shape index (κ1) is 21.3. The quantitative estimate of drug-likeness (QED) is 0.230. The van der Waals surface area contributed by atoms with Crippen molar-refractivity contribution in [2.75, 3.05) is 11.1 Å². The summed E-state index contributed by atoms with van der Waals surface area (Å²) in [6.45, 7) is 4.35. The summed E-state index contributed by atoms with van der Waals surface area (Å²) in [7, 11) is 0. The van der Waals surface area contributed by atoms with Crippen LogP contribution in [0.2, 0.25) is 0 Å². The number of non-ortho nitro benzene ring substituents is 1. The molecule has 1 aromatic heterocycles. The van der Waals surface area contributed by atoms with Gasteiger partial charge in [0.05, 0.1) is 10.7 Å². The number of nitro groups is 1. The highest BCUT2D eigenvalue weighted by Gasteiger charge is 2.14. The van der Waals surface area contributed by atoms with Gasteiger partial charge in [0.25, 0.3) is 5.69 Å². The van der Waals surface area contributed by atoms with Crippen molar-refractivity contribution in [2.45, 2.75) is 24.5 Å². The number of carbonyl (C=O) groups is 1. The van der Waals surface area contributed by atoms with Crippen molar-refractivity contribution in [2.24, 2.45) is 0 Å². The summed E-state index contributed by atoms with van der Waals surface area (Å²) in [6, 6.07) is 15.9. The lowest BCUT2D eigenvalue weighted by Gasteiger charge is -2.08. The molecule has 30 heavy (non-hydrogen) atoms. The smallest absolute Gasteiger partial charge is 0.269 e. The minimum absolute atomic E-state index is 0.0251. The molecule has 0 aliphatic rings. The third kappa shape index (κ3) is 5.77. The van der Waals surface area contributed by atoms with Gasteiger partial charge < -0.3 is 9.88 Å². The number of hydrogen-bond donors (Lipinski definition) is 1. The molecule has 8 nitrogen and oxygen atoms in total. The molecule has 0 aliphatic heterocycles. The maximum atomic E-state index is 12.2. The maximum Gasteiger partial charge on any atom is 0.269 e. The minimum atomic E-state index is -0.483. The molecule has 0 atom stereocenters. The lowest BCUT2D eigenvalue weighted by atomic mass is 10.1. The number of thioether (sulfide) groups is 1. The molecule has 3 aromatic rings. The van der Waals surface area contributed by atoms with Crippen molar-refractivity contribution in [3.8, 4) is 0 Å². The van der Waals surface area contributed by atoms with E-state index in [1.54, 1.807) is 6.08 Å². The van der Waals surface area contributed by atoms with Crippen LogP contribution < -0.4 is 5.32 Å². The third-order valence-corrected chi connectivity index (χ3v) is 5.25. The van der Waals surface area contributed by atoms with Gasteiger partial charge in [-0.15, -0.1) is 16.8 Å². The van der Waals surface area contributed by atoms with Crippen LogP contribution in [0.15, 0.2) is 72.4 Å². The van der Waals surface area contributed by atoms with Gasteiger partial charge in [-0.05, 0) is 24.1 Å². The number of allylic oxidation sites excluding steroid dienone is 1. The Kier molecular flexibility index (Phi) is 7.34. The van der Waals surface area contributed by atoms with Gasteiger partial charge in [0.2, 0.25) is 5.91 Å². The Morgan fingerprint density at radius 3 is 2.53 bits per heavy atom. The van der Waals surface area contributed by atoms with E-state index in [2.05, 4.69) is 34.2 Å². The van der Waals surface area contributed by atoms with Gasteiger partial charge in [-0.25, -0.2) is 0 Å². The number of rotatable bonds is 10. The topological polar surface area (TPSA) is 103 Å². The van der Waals surface area contributed by atoms with Gasteiger partial charge in [0, 0.05) is 30.8 Å². The molecular weight excluding hydrogens is 402 g/mol. The van der Waals surface area contributed by atoms with E-state index in [-0.39, 0.29) is 17.3 Å². The van der Waals surface area contributed by atoms with E-state index in [4.69, 9.17) is 0 Å². The first-order valence-corrected chi connectivity index (χ1v) is 10.3. The van der Waals surface area contributed by atoms with Crippen LogP contribution in [0.4, 0.5) is 11.4 Å². The summed E-state index contributed by atoms with van der Waals surface area (Å²) in [5.74, 6) is 0.759. The SMILES string of the molecule is C=CCn1c(CCc2ccccc2)nnc1SCC(=O)Nc1ccc([N+](=O)[O-])cc1. The second kappa shape index (κ2) is 10.4. The fourth-order valence-corrected chi connectivity index (χ4v) is 3.58. The van der Waals surface area contributed by atoms with Crippen molar-refractivity contribution in [1.82, 2.24) is 14.8 Å². The number of benzene rings is 2. The van der Waals surface area contributed by atoms with Gasteiger partial charge in [-0.1, -0.05) is 48.2 Å². The van der Waals surface area contributed by atoms with Crippen LogP contribution >= 0.6 is 11.8 Å². The Labute approximate surface area is 178 Å². The average molecular weight is 423 g/mol. The number of carbonyl (C=O) groups excluding carboxylic acids is 1. The number of anilines is 1. The molecule has 2 aromatic carbocycles. The summed E-state index contributed by atoms with van der Waals surface area (Å²) in [4.78, 5) is 22.5. The fourth-order valence-electron chi connectivity index (χ4n) is 2.82. The molecule has 3 rings (SSSR count). The van der Waals surface area contributed by atoms with E-state index in [0.717, 1.165) is 18.7 Å². The molecule has 0 bridgehead atoms. The van der Waals surface area contributed by atoms with Crippen molar-refractivity contribution in [3.05, 3.63) is 88.8 Å². The second-order valence-corrected chi connectivity index (χ2v) is 7.37. The van der Waals surface area contributed by atoms with Gasteiger partial charge in [0.1, 0.15) is 5.82 Å². The first-order valence-electron chi connectivity index (χ1n) is 9.31. The summed E-state index contributed by atoms with van der Waals surface area (Å²) < 4.78 is 1.96. The van der Waals surface area contributed by atoms with Crippen LogP contribution in [0.1, 0.15) is 11.4 Å². The largest absolute Gasteiger partial charge is 0.325 e. The number of aromatic nitrogens is 3.